The monoisotopic (exact) mass is 326 g/mol. The van der Waals surface area contributed by atoms with Crippen molar-refractivity contribution >= 4 is 0 Å². The number of methoxy groups -OCH3 is 1. The number of likely N-dealkylation sites (tertiary alicyclic amines) is 1. The molecule has 0 radical (unpaired) electrons. The summed E-state index contributed by atoms with van der Waals surface area (Å²) < 4.78 is 5.12. The van der Waals surface area contributed by atoms with Crippen molar-refractivity contribution in [2.75, 3.05) is 34.3 Å². The van der Waals surface area contributed by atoms with E-state index in [1.54, 1.807) is 7.11 Å². The number of hydrogen-bond donors (Lipinski definition) is 0. The number of ether oxygens (including phenoxy) is 1. The van der Waals surface area contributed by atoms with Crippen LogP contribution in [0.2, 0.25) is 0 Å². The van der Waals surface area contributed by atoms with Crippen LogP contribution in [-0.4, -0.2) is 54.1 Å². The minimum atomic E-state index is 0.454. The molecule has 5 heteroatoms. The molecule has 5 nitrogen and oxygen atoms in total. The molecule has 0 aromatic carbocycles. The van der Waals surface area contributed by atoms with Gasteiger partial charge in [0.15, 0.2) is 0 Å². The fraction of sp³-hybridized carbons (Fsp3) is 0.474. The highest BCUT2D eigenvalue weighted by Gasteiger charge is 2.33. The summed E-state index contributed by atoms with van der Waals surface area (Å²) in [7, 11) is 6.04. The lowest BCUT2D eigenvalue weighted by Crippen LogP contribution is -2.30. The molecule has 2 aromatic heterocycles. The highest BCUT2D eigenvalue weighted by atomic mass is 16.5. The van der Waals surface area contributed by atoms with E-state index in [0.717, 1.165) is 19.6 Å². The predicted molar refractivity (Wildman–Crippen MR) is 94.8 cm³/mol. The van der Waals surface area contributed by atoms with Crippen molar-refractivity contribution < 1.29 is 4.74 Å². The van der Waals surface area contributed by atoms with Gasteiger partial charge >= 0.3 is 0 Å². The zero-order valence-corrected chi connectivity index (χ0v) is 14.7. The summed E-state index contributed by atoms with van der Waals surface area (Å²) in [5.74, 6) is 1.28. The van der Waals surface area contributed by atoms with E-state index in [1.807, 2.05) is 30.7 Å². The topological polar surface area (TPSA) is 41.5 Å². The Morgan fingerprint density at radius 2 is 2.17 bits per heavy atom. The van der Waals surface area contributed by atoms with Crippen LogP contribution in [-0.2, 0) is 6.54 Å². The lowest BCUT2D eigenvalue weighted by molar-refractivity contribution is 0.213. The zero-order chi connectivity index (χ0) is 16.9. The van der Waals surface area contributed by atoms with E-state index in [0.29, 0.717) is 17.8 Å². The predicted octanol–water partition coefficient (Wildman–Crippen LogP) is 2.61. The van der Waals surface area contributed by atoms with Crippen LogP contribution in [0.5, 0.6) is 5.88 Å². The Hall–Kier alpha value is -1.98. The molecule has 3 heterocycles. The third-order valence-electron chi connectivity index (χ3n) is 4.81. The van der Waals surface area contributed by atoms with Gasteiger partial charge in [-0.15, -0.1) is 0 Å². The van der Waals surface area contributed by atoms with Crippen molar-refractivity contribution in [3.8, 4) is 5.88 Å². The molecule has 0 unspecified atom stereocenters. The second-order valence-corrected chi connectivity index (χ2v) is 6.67. The summed E-state index contributed by atoms with van der Waals surface area (Å²) in [5.41, 5.74) is 2.53. The maximum absolute atomic E-state index is 5.12. The number of nitrogens with zero attached hydrogens (tertiary/aromatic N) is 4. The summed E-state index contributed by atoms with van der Waals surface area (Å²) in [6.07, 6.45) is 6.97. The van der Waals surface area contributed by atoms with Gasteiger partial charge in [0.1, 0.15) is 0 Å². The highest BCUT2D eigenvalue weighted by molar-refractivity contribution is 5.18. The fourth-order valence-corrected chi connectivity index (χ4v) is 3.70. The molecule has 0 N–H and O–H groups in total. The molecular formula is C19H26N4O. The van der Waals surface area contributed by atoms with Crippen LogP contribution >= 0.6 is 0 Å². The average molecular weight is 326 g/mol. The summed E-state index contributed by atoms with van der Waals surface area (Å²) >= 11 is 0. The molecule has 2 aromatic rings. The highest BCUT2D eigenvalue weighted by Crippen LogP contribution is 2.36. The van der Waals surface area contributed by atoms with E-state index in [2.05, 4.69) is 46.0 Å². The quantitative estimate of drug-likeness (QED) is 0.816. The maximum Gasteiger partial charge on any atom is 0.212 e. The molecule has 0 saturated carbocycles. The first-order valence-electron chi connectivity index (χ1n) is 8.45. The SMILES string of the molecule is COc1ccc(CN(C)C[C@@H]2CCN(C)[C@H]2c2cccnc2)cn1. The van der Waals surface area contributed by atoms with Gasteiger partial charge in [-0.2, -0.15) is 0 Å². The first-order chi connectivity index (χ1) is 11.7. The smallest absolute Gasteiger partial charge is 0.212 e. The van der Waals surface area contributed by atoms with Crippen molar-refractivity contribution in [1.82, 2.24) is 19.8 Å². The molecule has 2 atom stereocenters. The fourth-order valence-electron chi connectivity index (χ4n) is 3.70. The molecular weight excluding hydrogens is 300 g/mol. The Morgan fingerprint density at radius 3 is 2.83 bits per heavy atom. The Kier molecular flexibility index (Phi) is 5.43. The molecule has 0 aliphatic carbocycles. The van der Waals surface area contributed by atoms with E-state index < -0.39 is 0 Å². The van der Waals surface area contributed by atoms with E-state index >= 15 is 0 Å². The van der Waals surface area contributed by atoms with Crippen LogP contribution in [0.4, 0.5) is 0 Å². The second-order valence-electron chi connectivity index (χ2n) is 6.67. The largest absolute Gasteiger partial charge is 0.481 e. The van der Waals surface area contributed by atoms with Crippen LogP contribution in [0.15, 0.2) is 42.9 Å². The molecule has 0 bridgehead atoms. The van der Waals surface area contributed by atoms with Crippen LogP contribution in [0, 0.1) is 5.92 Å². The molecule has 128 valence electrons. The Bertz CT molecular complexity index is 632. The van der Waals surface area contributed by atoms with Crippen LogP contribution in [0.3, 0.4) is 0 Å². The van der Waals surface area contributed by atoms with Gasteiger partial charge in [0.05, 0.1) is 7.11 Å². The van der Waals surface area contributed by atoms with Crippen molar-refractivity contribution in [3.05, 3.63) is 54.0 Å². The first kappa shape index (κ1) is 16.9. The summed E-state index contributed by atoms with van der Waals surface area (Å²) in [5, 5.41) is 0. The van der Waals surface area contributed by atoms with E-state index in [9.17, 15) is 0 Å². The van der Waals surface area contributed by atoms with Crippen molar-refractivity contribution in [2.24, 2.45) is 5.92 Å². The second kappa shape index (κ2) is 7.73. The molecule has 1 aliphatic rings. The number of aromatic nitrogens is 2. The van der Waals surface area contributed by atoms with Gasteiger partial charge in [0.25, 0.3) is 0 Å². The van der Waals surface area contributed by atoms with Crippen LogP contribution in [0.1, 0.15) is 23.6 Å². The van der Waals surface area contributed by atoms with Gasteiger partial charge in [0.2, 0.25) is 5.88 Å². The number of rotatable bonds is 6. The van der Waals surface area contributed by atoms with Crippen molar-refractivity contribution in [1.29, 1.82) is 0 Å². The van der Waals surface area contributed by atoms with Crippen LogP contribution < -0.4 is 4.74 Å². The minimum absolute atomic E-state index is 0.454. The Morgan fingerprint density at radius 1 is 1.29 bits per heavy atom. The number of hydrogen-bond acceptors (Lipinski definition) is 5. The van der Waals surface area contributed by atoms with Gasteiger partial charge < -0.3 is 9.64 Å². The van der Waals surface area contributed by atoms with Crippen molar-refractivity contribution in [3.63, 3.8) is 0 Å². The van der Waals surface area contributed by atoms with Gasteiger partial charge in [-0.3, -0.25) is 9.88 Å². The molecule has 3 rings (SSSR count). The molecule has 0 amide bonds. The van der Waals surface area contributed by atoms with Gasteiger partial charge in [-0.1, -0.05) is 12.1 Å². The maximum atomic E-state index is 5.12. The molecule has 0 spiro atoms. The molecule has 1 saturated heterocycles. The van der Waals surface area contributed by atoms with E-state index in [-0.39, 0.29) is 0 Å². The van der Waals surface area contributed by atoms with Crippen LogP contribution in [0.25, 0.3) is 0 Å². The molecule has 24 heavy (non-hydrogen) atoms. The van der Waals surface area contributed by atoms with Crippen molar-refractivity contribution in [2.45, 2.75) is 19.0 Å². The standard InChI is InChI=1S/C19H26N4O/c1-22(13-15-6-7-18(24-3)21-11-15)14-17-8-10-23(2)19(17)16-5-4-9-20-12-16/h4-7,9,11-12,17,19H,8,10,13-14H2,1-3H3/t17-,19-/m0/s1. The third kappa shape index (κ3) is 3.91. The molecule has 1 fully saturated rings. The summed E-state index contributed by atoms with van der Waals surface area (Å²) in [6.45, 7) is 3.11. The lowest BCUT2D eigenvalue weighted by atomic mass is 9.94. The van der Waals surface area contributed by atoms with E-state index in [4.69, 9.17) is 4.74 Å². The van der Waals surface area contributed by atoms with Gasteiger partial charge in [0, 0.05) is 43.8 Å². The van der Waals surface area contributed by atoms with E-state index in [1.165, 1.54) is 17.5 Å². The Labute approximate surface area is 144 Å². The van der Waals surface area contributed by atoms with Gasteiger partial charge in [-0.05, 0) is 50.2 Å². The van der Waals surface area contributed by atoms with Gasteiger partial charge in [-0.25, -0.2) is 4.98 Å². The molecule has 1 aliphatic heterocycles. The number of pyridine rings is 2. The first-order valence-corrected chi connectivity index (χ1v) is 8.45. The summed E-state index contributed by atoms with van der Waals surface area (Å²) in [6, 6.07) is 8.69. The average Bonchev–Trinajstić information content (AvgIpc) is 2.96. The minimum Gasteiger partial charge on any atom is -0.481 e. The Balaban J connectivity index is 1.63. The normalized spacial score (nSPS) is 21.3. The lowest BCUT2D eigenvalue weighted by Gasteiger charge is -2.28. The zero-order valence-electron chi connectivity index (χ0n) is 14.7. The summed E-state index contributed by atoms with van der Waals surface area (Å²) in [4.78, 5) is 13.4. The third-order valence-corrected chi connectivity index (χ3v) is 4.81.